The number of carbonyl (C=O) groups is 1. The molecule has 2 N–H and O–H groups in total. The molecule has 118 valence electrons. The van der Waals surface area contributed by atoms with Crippen molar-refractivity contribution in [1.29, 1.82) is 0 Å². The van der Waals surface area contributed by atoms with E-state index in [0.717, 1.165) is 26.1 Å². The van der Waals surface area contributed by atoms with Crippen LogP contribution in [0.15, 0.2) is 24.3 Å². The summed E-state index contributed by atoms with van der Waals surface area (Å²) in [5.74, 6) is 0.164. The fourth-order valence-corrected chi connectivity index (χ4v) is 2.68. The maximum absolute atomic E-state index is 11.9. The fraction of sp³-hybridized carbons (Fsp3) is 0.588. The van der Waals surface area contributed by atoms with Crippen molar-refractivity contribution in [2.45, 2.75) is 39.5 Å². The van der Waals surface area contributed by atoms with Crippen LogP contribution in [0, 0.1) is 12.3 Å². The van der Waals surface area contributed by atoms with Crippen molar-refractivity contribution < 1.29 is 4.79 Å². The van der Waals surface area contributed by atoms with Crippen molar-refractivity contribution in [2.24, 2.45) is 5.41 Å². The lowest BCUT2D eigenvalue weighted by Gasteiger charge is -2.34. The summed E-state index contributed by atoms with van der Waals surface area (Å²) in [7, 11) is 0. The molecule has 0 radical (unpaired) electrons. The summed E-state index contributed by atoms with van der Waals surface area (Å²) in [6.07, 6.45) is 3.79. The van der Waals surface area contributed by atoms with Crippen LogP contribution in [0.4, 0.5) is 0 Å². The Labute approximate surface area is 134 Å². The van der Waals surface area contributed by atoms with Crippen LogP contribution in [-0.2, 0) is 11.2 Å². The summed E-state index contributed by atoms with van der Waals surface area (Å²) in [5.41, 5.74) is 2.71. The van der Waals surface area contributed by atoms with Crippen molar-refractivity contribution in [3.63, 3.8) is 0 Å². The second-order valence-electron chi connectivity index (χ2n) is 6.35. The van der Waals surface area contributed by atoms with E-state index in [1.165, 1.54) is 24.0 Å². The Morgan fingerprint density at radius 2 is 2.05 bits per heavy atom. The van der Waals surface area contributed by atoms with Gasteiger partial charge in [-0.2, -0.15) is 0 Å². The van der Waals surface area contributed by atoms with E-state index in [2.05, 4.69) is 48.7 Å². The molecule has 1 fully saturated rings. The minimum atomic E-state index is 0. The molecular weight excluding hydrogens is 284 g/mol. The van der Waals surface area contributed by atoms with E-state index in [1.807, 2.05) is 0 Å². The minimum Gasteiger partial charge on any atom is -0.355 e. The Kier molecular flexibility index (Phi) is 7.20. The summed E-state index contributed by atoms with van der Waals surface area (Å²) < 4.78 is 0. The van der Waals surface area contributed by atoms with Gasteiger partial charge < -0.3 is 10.6 Å². The van der Waals surface area contributed by atoms with Gasteiger partial charge >= 0.3 is 0 Å². The van der Waals surface area contributed by atoms with Gasteiger partial charge in [0.2, 0.25) is 5.91 Å². The van der Waals surface area contributed by atoms with Crippen LogP contribution in [0.3, 0.4) is 0 Å². The number of halogens is 1. The molecular formula is C17H27ClN2O. The molecule has 0 aliphatic carbocycles. The number of hydrogen-bond donors (Lipinski definition) is 2. The first-order valence-electron chi connectivity index (χ1n) is 7.60. The molecule has 2 rings (SSSR count). The maximum Gasteiger partial charge on any atom is 0.220 e. The molecule has 21 heavy (non-hydrogen) atoms. The van der Waals surface area contributed by atoms with Gasteiger partial charge in [0.05, 0.1) is 0 Å². The first kappa shape index (κ1) is 18.0. The van der Waals surface area contributed by atoms with Gasteiger partial charge in [0.1, 0.15) is 0 Å². The molecule has 0 saturated carbocycles. The Morgan fingerprint density at radius 1 is 1.33 bits per heavy atom. The van der Waals surface area contributed by atoms with E-state index >= 15 is 0 Å². The maximum atomic E-state index is 11.9. The number of hydrogen-bond acceptors (Lipinski definition) is 2. The molecule has 1 unspecified atom stereocenters. The van der Waals surface area contributed by atoms with Gasteiger partial charge in [0.25, 0.3) is 0 Å². The van der Waals surface area contributed by atoms with Gasteiger partial charge in [0, 0.05) is 19.5 Å². The third-order valence-electron chi connectivity index (χ3n) is 4.16. The number of amides is 1. The normalized spacial score (nSPS) is 21.4. The number of piperidine rings is 1. The van der Waals surface area contributed by atoms with Gasteiger partial charge in [-0.25, -0.2) is 0 Å². The average Bonchev–Trinajstić information content (AvgIpc) is 2.45. The smallest absolute Gasteiger partial charge is 0.220 e. The molecule has 3 nitrogen and oxygen atoms in total. The van der Waals surface area contributed by atoms with E-state index in [4.69, 9.17) is 0 Å². The Balaban J connectivity index is 0.00000220. The van der Waals surface area contributed by atoms with Crippen molar-refractivity contribution >= 4 is 18.3 Å². The average molecular weight is 311 g/mol. The molecule has 1 saturated heterocycles. The molecule has 1 atom stereocenters. The zero-order chi connectivity index (χ0) is 14.4. The Bertz CT molecular complexity index is 439. The van der Waals surface area contributed by atoms with Crippen LogP contribution >= 0.6 is 12.4 Å². The lowest BCUT2D eigenvalue weighted by Crippen LogP contribution is -2.45. The summed E-state index contributed by atoms with van der Waals surface area (Å²) in [6.45, 7) is 7.23. The molecule has 0 spiro atoms. The molecule has 1 aromatic carbocycles. The minimum absolute atomic E-state index is 0. The summed E-state index contributed by atoms with van der Waals surface area (Å²) in [5, 5.41) is 6.51. The van der Waals surface area contributed by atoms with Gasteiger partial charge in [-0.3, -0.25) is 4.79 Å². The molecule has 0 bridgehead atoms. The Morgan fingerprint density at radius 3 is 2.67 bits per heavy atom. The number of carbonyl (C=O) groups excluding carboxylic acids is 1. The number of rotatable bonds is 5. The van der Waals surface area contributed by atoms with E-state index in [9.17, 15) is 4.79 Å². The van der Waals surface area contributed by atoms with Gasteiger partial charge in [0.15, 0.2) is 0 Å². The van der Waals surface area contributed by atoms with Crippen LogP contribution < -0.4 is 10.6 Å². The third-order valence-corrected chi connectivity index (χ3v) is 4.16. The Hall–Kier alpha value is -1.06. The number of benzene rings is 1. The van der Waals surface area contributed by atoms with E-state index < -0.39 is 0 Å². The second kappa shape index (κ2) is 8.40. The summed E-state index contributed by atoms with van der Waals surface area (Å²) in [4.78, 5) is 11.9. The number of nitrogens with one attached hydrogen (secondary N) is 2. The lowest BCUT2D eigenvalue weighted by molar-refractivity contribution is -0.121. The van der Waals surface area contributed by atoms with Crippen molar-refractivity contribution in [3.05, 3.63) is 35.4 Å². The van der Waals surface area contributed by atoms with Crippen LogP contribution in [0.1, 0.15) is 37.3 Å². The highest BCUT2D eigenvalue weighted by molar-refractivity contribution is 5.85. The van der Waals surface area contributed by atoms with Gasteiger partial charge in [-0.05, 0) is 43.7 Å². The molecule has 1 aromatic rings. The van der Waals surface area contributed by atoms with Crippen molar-refractivity contribution in [3.8, 4) is 0 Å². The third kappa shape index (κ3) is 6.06. The largest absolute Gasteiger partial charge is 0.355 e. The zero-order valence-electron chi connectivity index (χ0n) is 13.1. The zero-order valence-corrected chi connectivity index (χ0v) is 13.9. The topological polar surface area (TPSA) is 41.1 Å². The predicted octanol–water partition coefficient (Wildman–Crippen LogP) is 2.86. The molecule has 0 aromatic heterocycles. The standard InChI is InChI=1S/C17H26N2O.ClH/c1-14-4-6-15(7-5-14)8-9-16(20)19-13-17(2)10-3-11-18-12-17;/h4-7,18H,3,8-13H2,1-2H3,(H,19,20);1H. The number of aryl methyl sites for hydroxylation is 2. The summed E-state index contributed by atoms with van der Waals surface area (Å²) >= 11 is 0. The molecule has 1 heterocycles. The first-order chi connectivity index (χ1) is 9.57. The van der Waals surface area contributed by atoms with Crippen LogP contribution in [0.2, 0.25) is 0 Å². The summed E-state index contributed by atoms with van der Waals surface area (Å²) in [6, 6.07) is 8.41. The quantitative estimate of drug-likeness (QED) is 0.878. The highest BCUT2D eigenvalue weighted by Gasteiger charge is 2.26. The monoisotopic (exact) mass is 310 g/mol. The van der Waals surface area contributed by atoms with Crippen LogP contribution in [0.5, 0.6) is 0 Å². The van der Waals surface area contributed by atoms with E-state index in [1.54, 1.807) is 0 Å². The van der Waals surface area contributed by atoms with E-state index in [0.29, 0.717) is 6.42 Å². The second-order valence-corrected chi connectivity index (χ2v) is 6.35. The van der Waals surface area contributed by atoms with Crippen molar-refractivity contribution in [1.82, 2.24) is 10.6 Å². The van der Waals surface area contributed by atoms with E-state index in [-0.39, 0.29) is 23.7 Å². The fourth-order valence-electron chi connectivity index (χ4n) is 2.68. The highest BCUT2D eigenvalue weighted by atomic mass is 35.5. The van der Waals surface area contributed by atoms with Crippen LogP contribution in [-0.4, -0.2) is 25.5 Å². The van der Waals surface area contributed by atoms with Gasteiger partial charge in [-0.1, -0.05) is 36.8 Å². The van der Waals surface area contributed by atoms with Gasteiger partial charge in [-0.15, -0.1) is 12.4 Å². The first-order valence-corrected chi connectivity index (χ1v) is 7.60. The highest BCUT2D eigenvalue weighted by Crippen LogP contribution is 2.24. The lowest BCUT2D eigenvalue weighted by atomic mass is 9.83. The van der Waals surface area contributed by atoms with Crippen LogP contribution in [0.25, 0.3) is 0 Å². The molecule has 1 aliphatic rings. The predicted molar refractivity (Wildman–Crippen MR) is 90.0 cm³/mol. The molecule has 1 amide bonds. The van der Waals surface area contributed by atoms with Crippen molar-refractivity contribution in [2.75, 3.05) is 19.6 Å². The SMILES string of the molecule is Cc1ccc(CCC(=O)NCC2(C)CCCNC2)cc1.Cl. The molecule has 1 aliphatic heterocycles. The molecule has 4 heteroatoms.